The molecule has 66 heavy (non-hydrogen) atoms. The molecule has 6 heterocycles. The van der Waals surface area contributed by atoms with Crippen LogP contribution in [0.5, 0.6) is 46.0 Å². The van der Waals surface area contributed by atoms with E-state index in [1.807, 2.05) is 0 Å². The summed E-state index contributed by atoms with van der Waals surface area (Å²) in [6.07, 6.45) is 0. The first-order valence-corrected chi connectivity index (χ1v) is 22.8. The van der Waals surface area contributed by atoms with Gasteiger partial charge in [-0.1, -0.05) is 82.9 Å². The van der Waals surface area contributed by atoms with Crippen LogP contribution in [0, 0.1) is 27.7 Å². The fourth-order valence-corrected chi connectivity index (χ4v) is 11.7. The molecule has 11 aromatic rings. The third-order valence-corrected chi connectivity index (χ3v) is 14.5. The van der Waals surface area contributed by atoms with Crippen molar-refractivity contribution < 1.29 is 18.9 Å². The zero-order valence-electron chi connectivity index (χ0n) is 36.7. The second-order valence-electron chi connectivity index (χ2n) is 18.7. The maximum Gasteiger partial charge on any atom is 0.260 e. The van der Waals surface area contributed by atoms with E-state index in [9.17, 15) is 0 Å². The topological polar surface area (TPSA) is 46.8 Å². The van der Waals surface area contributed by atoms with Gasteiger partial charge in [0.05, 0.1) is 33.4 Å². The predicted octanol–water partition coefficient (Wildman–Crippen LogP) is 10.6. The van der Waals surface area contributed by atoms with Gasteiger partial charge in [0.15, 0.2) is 0 Å². The highest BCUT2D eigenvalue weighted by Gasteiger charge is 2.45. The zero-order chi connectivity index (χ0) is 43.7. The van der Waals surface area contributed by atoms with Crippen molar-refractivity contribution in [2.75, 3.05) is 0 Å². The standard InChI is InChI=1S/C58H38B2N2O4/c1-31-13-17-45-37(21-31)38-22-32(2)14-18-46(38)61(45)35-25-53-57-55(27-35)65-51-29-44-52(30-43(51)59(57)41-9-5-7-11-49(41)63-53)66-56-28-36(26-54-58(56)60(44)42-10-6-8-12-50(42)64-54)62-47-19-15-33(3)23-39(47)40-24-34(4)16-20-48(40)62/h5-30H,1-4H3. The van der Waals surface area contributed by atoms with Crippen molar-refractivity contribution >= 4 is 89.8 Å². The number of hydrogen-bond acceptors (Lipinski definition) is 4. The molecular formula is C58H38B2N2O4. The Morgan fingerprint density at radius 2 is 0.621 bits per heavy atom. The van der Waals surface area contributed by atoms with Crippen molar-refractivity contribution in [2.24, 2.45) is 0 Å². The average Bonchev–Trinajstić information content (AvgIpc) is 3.81. The highest BCUT2D eigenvalue weighted by molar-refractivity contribution is 7.00. The summed E-state index contributed by atoms with van der Waals surface area (Å²) in [7, 11) is 0. The van der Waals surface area contributed by atoms with Crippen LogP contribution in [0.2, 0.25) is 0 Å². The van der Waals surface area contributed by atoms with Crippen LogP contribution >= 0.6 is 0 Å². The van der Waals surface area contributed by atoms with Crippen molar-refractivity contribution in [1.29, 1.82) is 0 Å². The fourth-order valence-electron chi connectivity index (χ4n) is 11.7. The number of rotatable bonds is 2. The molecule has 310 valence electrons. The van der Waals surface area contributed by atoms with Crippen molar-refractivity contribution in [3.05, 3.63) is 180 Å². The van der Waals surface area contributed by atoms with Crippen LogP contribution in [0.15, 0.2) is 158 Å². The molecule has 6 nitrogen and oxygen atoms in total. The maximum atomic E-state index is 7.21. The molecule has 9 aromatic carbocycles. The highest BCUT2D eigenvalue weighted by Crippen LogP contribution is 2.43. The first-order valence-electron chi connectivity index (χ1n) is 22.8. The van der Waals surface area contributed by atoms with Crippen LogP contribution in [-0.2, 0) is 0 Å². The molecule has 15 rings (SSSR count). The Bertz CT molecular complexity index is 3650. The van der Waals surface area contributed by atoms with E-state index in [2.05, 4.69) is 195 Å². The van der Waals surface area contributed by atoms with E-state index in [4.69, 9.17) is 18.9 Å². The van der Waals surface area contributed by atoms with Gasteiger partial charge in [0.1, 0.15) is 46.0 Å². The number of aryl methyl sites for hydroxylation is 4. The molecule has 0 saturated heterocycles. The normalized spacial score (nSPS) is 13.6. The van der Waals surface area contributed by atoms with E-state index in [0.717, 1.165) is 112 Å². The molecule has 8 heteroatoms. The number of aromatic nitrogens is 2. The molecule has 2 aromatic heterocycles. The monoisotopic (exact) mass is 848 g/mol. The van der Waals surface area contributed by atoms with Crippen LogP contribution < -0.4 is 51.7 Å². The number of nitrogens with zero attached hydrogens (tertiary/aromatic N) is 2. The summed E-state index contributed by atoms with van der Waals surface area (Å²) in [4.78, 5) is 0. The van der Waals surface area contributed by atoms with Gasteiger partial charge in [-0.25, -0.2) is 0 Å². The maximum absolute atomic E-state index is 7.21. The zero-order valence-corrected chi connectivity index (χ0v) is 36.7. The second-order valence-corrected chi connectivity index (χ2v) is 18.7. The lowest BCUT2D eigenvalue weighted by Gasteiger charge is -2.37. The van der Waals surface area contributed by atoms with E-state index >= 15 is 0 Å². The largest absolute Gasteiger partial charge is 0.458 e. The van der Waals surface area contributed by atoms with Gasteiger partial charge in [-0.05, 0) is 122 Å². The molecule has 0 radical (unpaired) electrons. The summed E-state index contributed by atoms with van der Waals surface area (Å²) in [5.74, 6) is 6.46. The molecule has 0 spiro atoms. The molecule has 4 aliphatic heterocycles. The Labute approximate surface area is 381 Å². The van der Waals surface area contributed by atoms with Gasteiger partial charge in [0.25, 0.3) is 13.4 Å². The number of hydrogen-bond donors (Lipinski definition) is 0. The quantitative estimate of drug-likeness (QED) is 0.163. The third kappa shape index (κ3) is 4.88. The van der Waals surface area contributed by atoms with Crippen molar-refractivity contribution in [3.8, 4) is 57.4 Å². The molecule has 0 N–H and O–H groups in total. The molecular weight excluding hydrogens is 810 g/mol. The van der Waals surface area contributed by atoms with Crippen molar-refractivity contribution in [3.63, 3.8) is 0 Å². The first-order chi connectivity index (χ1) is 32.3. The Morgan fingerprint density at radius 3 is 0.970 bits per heavy atom. The van der Waals surface area contributed by atoms with Gasteiger partial charge in [-0.3, -0.25) is 0 Å². The van der Waals surface area contributed by atoms with E-state index in [0.29, 0.717) is 0 Å². The van der Waals surface area contributed by atoms with Crippen molar-refractivity contribution in [2.45, 2.75) is 27.7 Å². The summed E-state index contributed by atoms with van der Waals surface area (Å²) in [6, 6.07) is 57.0. The van der Waals surface area contributed by atoms with Crippen molar-refractivity contribution in [1.82, 2.24) is 9.13 Å². The average molecular weight is 849 g/mol. The lowest BCUT2D eigenvalue weighted by atomic mass is 9.32. The molecule has 0 bridgehead atoms. The van der Waals surface area contributed by atoms with E-state index in [-0.39, 0.29) is 13.4 Å². The highest BCUT2D eigenvalue weighted by atomic mass is 16.5. The van der Waals surface area contributed by atoms with Gasteiger partial charge in [0, 0.05) is 56.7 Å². The minimum atomic E-state index is -0.148. The van der Waals surface area contributed by atoms with E-state index in [1.54, 1.807) is 0 Å². The fraction of sp³-hybridized carbons (Fsp3) is 0.0690. The summed E-state index contributed by atoms with van der Waals surface area (Å²) >= 11 is 0. The summed E-state index contributed by atoms with van der Waals surface area (Å²) in [5.41, 5.74) is 17.8. The molecule has 0 saturated carbocycles. The van der Waals surface area contributed by atoms with Gasteiger partial charge in [0.2, 0.25) is 0 Å². The van der Waals surface area contributed by atoms with E-state index < -0.39 is 0 Å². The minimum absolute atomic E-state index is 0.148. The molecule has 4 aliphatic rings. The Hall–Kier alpha value is -8.09. The summed E-state index contributed by atoms with van der Waals surface area (Å²) < 4.78 is 32.9. The molecule has 0 unspecified atom stereocenters. The Balaban J connectivity index is 0.939. The van der Waals surface area contributed by atoms with Crippen LogP contribution in [0.1, 0.15) is 22.3 Å². The SMILES string of the molecule is Cc1ccc2c(c1)c1cc(C)ccc1n2-c1cc2c3c(c1)Oc1cc4c(cc1B3c1ccccc1O2)Oc1cc(-n2c3ccc(C)cc3c3cc(C)ccc32)cc2c1B4c1ccccc1O2. The smallest absolute Gasteiger partial charge is 0.260 e. The lowest BCUT2D eigenvalue weighted by Crippen LogP contribution is -2.60. The van der Waals surface area contributed by atoms with Gasteiger partial charge in [-0.2, -0.15) is 0 Å². The van der Waals surface area contributed by atoms with Crippen LogP contribution in [0.4, 0.5) is 0 Å². The molecule has 0 atom stereocenters. The van der Waals surface area contributed by atoms with Gasteiger partial charge in [-0.15, -0.1) is 0 Å². The van der Waals surface area contributed by atoms with Crippen LogP contribution in [0.25, 0.3) is 55.0 Å². The Morgan fingerprint density at radius 1 is 0.303 bits per heavy atom. The van der Waals surface area contributed by atoms with Gasteiger partial charge < -0.3 is 28.1 Å². The predicted molar refractivity (Wildman–Crippen MR) is 269 cm³/mol. The third-order valence-electron chi connectivity index (χ3n) is 14.5. The number of ether oxygens (including phenoxy) is 4. The Kier molecular flexibility index (Phi) is 7.03. The number of benzene rings is 9. The second kappa shape index (κ2) is 12.8. The number of para-hydroxylation sites is 2. The summed E-state index contributed by atoms with van der Waals surface area (Å²) in [5, 5.41) is 4.91. The van der Waals surface area contributed by atoms with Crippen LogP contribution in [0.3, 0.4) is 0 Å². The van der Waals surface area contributed by atoms with E-state index in [1.165, 1.54) is 43.8 Å². The summed E-state index contributed by atoms with van der Waals surface area (Å²) in [6.45, 7) is 8.34. The first kappa shape index (κ1) is 36.3. The minimum Gasteiger partial charge on any atom is -0.458 e. The van der Waals surface area contributed by atoms with Crippen LogP contribution in [-0.4, -0.2) is 22.6 Å². The van der Waals surface area contributed by atoms with Gasteiger partial charge >= 0.3 is 0 Å². The molecule has 0 aliphatic carbocycles. The molecule has 0 fully saturated rings. The lowest BCUT2D eigenvalue weighted by molar-refractivity contribution is 0.457. The number of fused-ring (bicyclic) bond motifs is 14. The molecule has 0 amide bonds.